The van der Waals surface area contributed by atoms with E-state index >= 15 is 0 Å². The van der Waals surface area contributed by atoms with Gasteiger partial charge >= 0.3 is 5.97 Å². The van der Waals surface area contributed by atoms with Crippen LogP contribution < -0.4 is 5.43 Å². The number of halogens is 1. The van der Waals surface area contributed by atoms with Crippen molar-refractivity contribution in [3.8, 4) is 0 Å². The van der Waals surface area contributed by atoms with Gasteiger partial charge in [0.15, 0.2) is 0 Å². The lowest BCUT2D eigenvalue weighted by atomic mass is 10.1. The van der Waals surface area contributed by atoms with E-state index in [0.29, 0.717) is 5.56 Å². The monoisotopic (exact) mass is 263 g/mol. The Bertz CT molecular complexity index is 719. The molecule has 0 bridgehead atoms. The Morgan fingerprint density at radius 1 is 1.42 bits per heavy atom. The van der Waals surface area contributed by atoms with Crippen molar-refractivity contribution >= 4 is 16.9 Å². The highest BCUT2D eigenvalue weighted by atomic mass is 19.1. The zero-order chi connectivity index (χ0) is 14.2. The van der Waals surface area contributed by atoms with Gasteiger partial charge in [0, 0.05) is 18.6 Å². The lowest BCUT2D eigenvalue weighted by Gasteiger charge is -2.10. The van der Waals surface area contributed by atoms with E-state index < -0.39 is 17.2 Å². The lowest BCUT2D eigenvalue weighted by molar-refractivity contribution is 0.0524. The van der Waals surface area contributed by atoms with Crippen LogP contribution >= 0.6 is 0 Å². The van der Waals surface area contributed by atoms with Gasteiger partial charge in [0.25, 0.3) is 0 Å². The standard InChI is InChI=1S/C14H14FNO3/c1-4-19-14(18)10-7-16(3)12-9(13(10)17)5-8(2)6-11(12)15/h5-7H,4H2,1-3H3. The zero-order valence-electron chi connectivity index (χ0n) is 11.0. The highest BCUT2D eigenvalue weighted by molar-refractivity contribution is 5.94. The molecule has 0 unspecified atom stereocenters. The molecule has 1 heterocycles. The number of pyridine rings is 1. The summed E-state index contributed by atoms with van der Waals surface area (Å²) in [5.41, 5.74) is 0.225. The van der Waals surface area contributed by atoms with Crippen LogP contribution in [0.3, 0.4) is 0 Å². The minimum absolute atomic E-state index is 0.0816. The average Bonchev–Trinajstić information content (AvgIpc) is 2.33. The minimum Gasteiger partial charge on any atom is -0.462 e. The van der Waals surface area contributed by atoms with Gasteiger partial charge in [-0.2, -0.15) is 0 Å². The van der Waals surface area contributed by atoms with E-state index in [4.69, 9.17) is 4.74 Å². The average molecular weight is 263 g/mol. The van der Waals surface area contributed by atoms with Crippen molar-refractivity contribution < 1.29 is 13.9 Å². The summed E-state index contributed by atoms with van der Waals surface area (Å²) in [6.45, 7) is 3.54. The van der Waals surface area contributed by atoms with Crippen molar-refractivity contribution in [2.24, 2.45) is 7.05 Å². The number of hydrogen-bond donors (Lipinski definition) is 0. The molecule has 0 atom stereocenters. The molecule has 19 heavy (non-hydrogen) atoms. The third kappa shape index (κ3) is 2.23. The number of rotatable bonds is 2. The topological polar surface area (TPSA) is 48.3 Å². The molecule has 0 saturated carbocycles. The van der Waals surface area contributed by atoms with Crippen LogP contribution in [0.4, 0.5) is 4.39 Å². The number of carbonyl (C=O) groups is 1. The second kappa shape index (κ2) is 4.84. The summed E-state index contributed by atoms with van der Waals surface area (Å²) in [7, 11) is 1.59. The molecule has 2 aromatic rings. The fourth-order valence-electron chi connectivity index (χ4n) is 2.08. The lowest BCUT2D eigenvalue weighted by Crippen LogP contribution is -2.20. The predicted octanol–water partition coefficient (Wildman–Crippen LogP) is 2.16. The first-order valence-electron chi connectivity index (χ1n) is 5.92. The quantitative estimate of drug-likeness (QED) is 0.780. The van der Waals surface area contributed by atoms with Crippen molar-refractivity contribution in [2.75, 3.05) is 6.61 Å². The van der Waals surface area contributed by atoms with Crippen molar-refractivity contribution in [1.82, 2.24) is 4.57 Å². The molecule has 0 spiro atoms. The molecule has 100 valence electrons. The van der Waals surface area contributed by atoms with Gasteiger partial charge in [0.2, 0.25) is 5.43 Å². The molecule has 0 radical (unpaired) electrons. The Labute approximate surface area is 109 Å². The maximum Gasteiger partial charge on any atom is 0.343 e. The molecule has 1 aromatic carbocycles. The molecule has 0 N–H and O–H groups in total. The SMILES string of the molecule is CCOC(=O)c1cn(C)c2c(F)cc(C)cc2c1=O. The summed E-state index contributed by atoms with van der Waals surface area (Å²) in [6, 6.07) is 2.93. The highest BCUT2D eigenvalue weighted by Crippen LogP contribution is 2.17. The first-order valence-corrected chi connectivity index (χ1v) is 5.92. The summed E-state index contributed by atoms with van der Waals surface area (Å²) in [5, 5.41) is 0.186. The van der Waals surface area contributed by atoms with Gasteiger partial charge in [-0.25, -0.2) is 9.18 Å². The maximum atomic E-state index is 13.9. The molecule has 0 aliphatic heterocycles. The zero-order valence-corrected chi connectivity index (χ0v) is 11.0. The van der Waals surface area contributed by atoms with Crippen molar-refractivity contribution in [1.29, 1.82) is 0 Å². The van der Waals surface area contributed by atoms with Crippen LogP contribution in [0.15, 0.2) is 23.1 Å². The van der Waals surface area contributed by atoms with Crippen LogP contribution in [0.5, 0.6) is 0 Å². The molecule has 2 rings (SSSR count). The van der Waals surface area contributed by atoms with Crippen LogP contribution in [-0.2, 0) is 11.8 Å². The Morgan fingerprint density at radius 2 is 2.11 bits per heavy atom. The van der Waals surface area contributed by atoms with Crippen LogP contribution in [0.25, 0.3) is 10.9 Å². The normalized spacial score (nSPS) is 10.7. The number of aryl methyl sites for hydroxylation is 2. The first-order chi connectivity index (χ1) is 8.95. The Hall–Kier alpha value is -2.17. The van der Waals surface area contributed by atoms with E-state index in [9.17, 15) is 14.0 Å². The van der Waals surface area contributed by atoms with Crippen LogP contribution in [0.1, 0.15) is 22.8 Å². The van der Waals surface area contributed by atoms with Gasteiger partial charge in [0.1, 0.15) is 11.4 Å². The van der Waals surface area contributed by atoms with Gasteiger partial charge in [-0.3, -0.25) is 4.79 Å². The summed E-state index contributed by atoms with van der Waals surface area (Å²) in [5.74, 6) is -1.17. The van der Waals surface area contributed by atoms with E-state index in [1.807, 2.05) is 0 Å². The number of esters is 1. The highest BCUT2D eigenvalue weighted by Gasteiger charge is 2.17. The number of hydrogen-bond acceptors (Lipinski definition) is 3. The first kappa shape index (κ1) is 13.3. The van der Waals surface area contributed by atoms with Crippen molar-refractivity contribution in [3.63, 3.8) is 0 Å². The molecular formula is C14H14FNO3. The Kier molecular flexibility index (Phi) is 3.38. The summed E-state index contributed by atoms with van der Waals surface area (Å²) >= 11 is 0. The summed E-state index contributed by atoms with van der Waals surface area (Å²) in [4.78, 5) is 23.9. The second-order valence-electron chi connectivity index (χ2n) is 4.35. The van der Waals surface area contributed by atoms with Gasteiger partial charge in [-0.1, -0.05) is 0 Å². The fourth-order valence-corrected chi connectivity index (χ4v) is 2.08. The molecule has 0 fully saturated rings. The second-order valence-corrected chi connectivity index (χ2v) is 4.35. The molecule has 0 aliphatic rings. The predicted molar refractivity (Wildman–Crippen MR) is 69.8 cm³/mol. The van der Waals surface area contributed by atoms with E-state index in [-0.39, 0.29) is 23.1 Å². The number of ether oxygens (including phenoxy) is 1. The third-order valence-corrected chi connectivity index (χ3v) is 2.87. The molecule has 5 heteroatoms. The minimum atomic E-state index is -0.688. The van der Waals surface area contributed by atoms with Crippen molar-refractivity contribution in [2.45, 2.75) is 13.8 Å². The molecule has 0 saturated heterocycles. The molecule has 0 amide bonds. The van der Waals surface area contributed by atoms with Gasteiger partial charge in [0.05, 0.1) is 12.1 Å². The summed E-state index contributed by atoms with van der Waals surface area (Å²) < 4.78 is 20.1. The van der Waals surface area contributed by atoms with E-state index in [0.717, 1.165) is 0 Å². The van der Waals surface area contributed by atoms with Crippen LogP contribution in [-0.4, -0.2) is 17.1 Å². The molecule has 4 nitrogen and oxygen atoms in total. The van der Waals surface area contributed by atoms with E-state index in [1.54, 1.807) is 27.0 Å². The third-order valence-electron chi connectivity index (χ3n) is 2.87. The summed E-state index contributed by atoms with van der Waals surface area (Å²) in [6.07, 6.45) is 1.31. The molecule has 0 aliphatic carbocycles. The fraction of sp³-hybridized carbons (Fsp3) is 0.286. The van der Waals surface area contributed by atoms with Crippen LogP contribution in [0, 0.1) is 12.7 Å². The number of fused-ring (bicyclic) bond motifs is 1. The largest absolute Gasteiger partial charge is 0.462 e. The van der Waals surface area contributed by atoms with E-state index in [1.165, 1.54) is 16.8 Å². The number of aromatic nitrogens is 1. The van der Waals surface area contributed by atoms with E-state index in [2.05, 4.69) is 0 Å². The number of carbonyl (C=O) groups excluding carboxylic acids is 1. The Balaban J connectivity index is 2.82. The molecular weight excluding hydrogens is 249 g/mol. The van der Waals surface area contributed by atoms with Gasteiger partial charge < -0.3 is 9.30 Å². The number of benzene rings is 1. The smallest absolute Gasteiger partial charge is 0.343 e. The maximum absolute atomic E-state index is 13.9. The van der Waals surface area contributed by atoms with Crippen LogP contribution in [0.2, 0.25) is 0 Å². The van der Waals surface area contributed by atoms with Gasteiger partial charge in [-0.15, -0.1) is 0 Å². The molecule has 1 aromatic heterocycles. The van der Waals surface area contributed by atoms with Gasteiger partial charge in [-0.05, 0) is 31.5 Å². The number of nitrogens with zero attached hydrogens (tertiary/aromatic N) is 1. The Morgan fingerprint density at radius 3 is 2.74 bits per heavy atom. The van der Waals surface area contributed by atoms with Crippen molar-refractivity contribution in [3.05, 3.63) is 45.5 Å².